The molecule has 4 heteroatoms. The molecule has 1 rings (SSSR count). The lowest BCUT2D eigenvalue weighted by Gasteiger charge is -2.22. The van der Waals surface area contributed by atoms with Gasteiger partial charge in [0.25, 0.3) is 0 Å². The first-order chi connectivity index (χ1) is 5.25. The predicted molar refractivity (Wildman–Crippen MR) is 38.5 cm³/mol. The van der Waals surface area contributed by atoms with Crippen molar-refractivity contribution in [1.82, 2.24) is 0 Å². The first-order valence-corrected chi connectivity index (χ1v) is 3.71. The number of esters is 1. The summed E-state index contributed by atoms with van der Waals surface area (Å²) in [7, 11) is 1.35. The molecule has 0 aromatic rings. The summed E-state index contributed by atoms with van der Waals surface area (Å²) in [4.78, 5) is 15.8. The number of ether oxygens (including phenoxy) is 1. The number of hydrogen-bond donors (Lipinski definition) is 1. The van der Waals surface area contributed by atoms with E-state index in [2.05, 4.69) is 9.57 Å². The van der Waals surface area contributed by atoms with Crippen LogP contribution < -0.4 is 5.90 Å². The van der Waals surface area contributed by atoms with Gasteiger partial charge in [0, 0.05) is 0 Å². The molecule has 0 aliphatic heterocycles. The summed E-state index contributed by atoms with van der Waals surface area (Å²) in [5.74, 6) is 4.69. The summed E-state index contributed by atoms with van der Waals surface area (Å²) in [6.07, 6.45) is 3.31. The van der Waals surface area contributed by atoms with Gasteiger partial charge in [-0.05, 0) is 25.7 Å². The third-order valence-electron chi connectivity index (χ3n) is 2.19. The summed E-state index contributed by atoms with van der Waals surface area (Å²) >= 11 is 0. The number of nitrogens with two attached hydrogens (primary N) is 1. The summed E-state index contributed by atoms with van der Waals surface area (Å²) in [5.41, 5.74) is -0.839. The number of methoxy groups -OCH3 is 1. The van der Waals surface area contributed by atoms with E-state index >= 15 is 0 Å². The first-order valence-electron chi connectivity index (χ1n) is 3.71. The van der Waals surface area contributed by atoms with E-state index in [0.717, 1.165) is 12.8 Å². The van der Waals surface area contributed by atoms with Crippen LogP contribution in [0.1, 0.15) is 25.7 Å². The molecule has 0 spiro atoms. The minimum Gasteiger partial charge on any atom is -0.467 e. The Bertz CT molecular complexity index is 152. The van der Waals surface area contributed by atoms with Crippen LogP contribution in [0.4, 0.5) is 0 Å². The van der Waals surface area contributed by atoms with E-state index in [0.29, 0.717) is 12.8 Å². The van der Waals surface area contributed by atoms with Gasteiger partial charge in [0.1, 0.15) is 0 Å². The lowest BCUT2D eigenvalue weighted by atomic mass is 10.0. The second kappa shape index (κ2) is 3.19. The Hall–Kier alpha value is -0.610. The van der Waals surface area contributed by atoms with Crippen LogP contribution in [0, 0.1) is 0 Å². The summed E-state index contributed by atoms with van der Waals surface area (Å²) < 4.78 is 4.58. The van der Waals surface area contributed by atoms with Crippen LogP contribution in [0.5, 0.6) is 0 Å². The van der Waals surface area contributed by atoms with E-state index in [1.807, 2.05) is 0 Å². The number of carbonyl (C=O) groups excluding carboxylic acids is 1. The standard InChI is InChI=1S/C7H13NO3/c1-10-6(9)7(11-8)4-2-3-5-7/h2-5,8H2,1H3. The predicted octanol–water partition coefficient (Wildman–Crippen LogP) is 0.362. The van der Waals surface area contributed by atoms with Gasteiger partial charge < -0.3 is 4.74 Å². The maximum atomic E-state index is 11.1. The van der Waals surface area contributed by atoms with E-state index in [1.54, 1.807) is 0 Å². The number of rotatable bonds is 2. The second-order valence-corrected chi connectivity index (χ2v) is 2.81. The van der Waals surface area contributed by atoms with Gasteiger partial charge in [0.2, 0.25) is 0 Å². The monoisotopic (exact) mass is 159 g/mol. The average Bonchev–Trinajstić information content (AvgIpc) is 2.52. The highest BCUT2D eigenvalue weighted by molar-refractivity contribution is 5.79. The molecule has 0 heterocycles. The summed E-state index contributed by atoms with van der Waals surface area (Å²) in [6, 6.07) is 0. The minimum atomic E-state index is -0.839. The Morgan fingerprint density at radius 3 is 2.36 bits per heavy atom. The van der Waals surface area contributed by atoms with Gasteiger partial charge in [0.05, 0.1) is 7.11 Å². The van der Waals surface area contributed by atoms with Crippen LogP contribution >= 0.6 is 0 Å². The maximum absolute atomic E-state index is 11.1. The number of carbonyl (C=O) groups is 1. The van der Waals surface area contributed by atoms with Gasteiger partial charge in [-0.25, -0.2) is 10.7 Å². The Kier molecular flexibility index (Phi) is 2.46. The van der Waals surface area contributed by atoms with E-state index in [4.69, 9.17) is 5.90 Å². The molecule has 0 aromatic carbocycles. The minimum absolute atomic E-state index is 0.350. The van der Waals surface area contributed by atoms with Crippen molar-refractivity contribution >= 4 is 5.97 Å². The van der Waals surface area contributed by atoms with Gasteiger partial charge in [-0.15, -0.1) is 0 Å². The fourth-order valence-corrected chi connectivity index (χ4v) is 1.50. The second-order valence-electron chi connectivity index (χ2n) is 2.81. The van der Waals surface area contributed by atoms with Crippen LogP contribution in [-0.4, -0.2) is 18.7 Å². The Morgan fingerprint density at radius 2 is 2.00 bits per heavy atom. The van der Waals surface area contributed by atoms with Crippen LogP contribution in [-0.2, 0) is 14.4 Å². The van der Waals surface area contributed by atoms with Crippen LogP contribution in [0.15, 0.2) is 0 Å². The van der Waals surface area contributed by atoms with Gasteiger partial charge >= 0.3 is 5.97 Å². The quantitative estimate of drug-likeness (QED) is 0.467. The first kappa shape index (κ1) is 8.49. The topological polar surface area (TPSA) is 61.5 Å². The van der Waals surface area contributed by atoms with Crippen molar-refractivity contribution in [3.05, 3.63) is 0 Å². The highest BCUT2D eigenvalue weighted by Gasteiger charge is 2.43. The van der Waals surface area contributed by atoms with Crippen molar-refractivity contribution in [2.75, 3.05) is 7.11 Å². The molecular formula is C7H13NO3. The lowest BCUT2D eigenvalue weighted by Crippen LogP contribution is -2.41. The zero-order valence-corrected chi connectivity index (χ0v) is 6.63. The highest BCUT2D eigenvalue weighted by Crippen LogP contribution is 2.32. The molecule has 0 atom stereocenters. The molecule has 1 aliphatic rings. The molecule has 0 unspecified atom stereocenters. The van der Waals surface area contributed by atoms with Gasteiger partial charge in [-0.2, -0.15) is 0 Å². The van der Waals surface area contributed by atoms with Gasteiger partial charge in [-0.3, -0.25) is 4.84 Å². The Labute approximate surface area is 65.6 Å². The molecule has 0 aromatic heterocycles. The molecule has 1 fully saturated rings. The average molecular weight is 159 g/mol. The summed E-state index contributed by atoms with van der Waals surface area (Å²) in [6.45, 7) is 0. The van der Waals surface area contributed by atoms with Crippen molar-refractivity contribution in [2.24, 2.45) is 5.90 Å². The zero-order valence-electron chi connectivity index (χ0n) is 6.63. The zero-order chi connectivity index (χ0) is 8.32. The smallest absolute Gasteiger partial charge is 0.340 e. The normalized spacial score (nSPS) is 21.6. The Balaban J connectivity index is 2.66. The molecule has 0 radical (unpaired) electrons. The molecule has 11 heavy (non-hydrogen) atoms. The van der Waals surface area contributed by atoms with Crippen molar-refractivity contribution in [3.63, 3.8) is 0 Å². The molecule has 1 aliphatic carbocycles. The molecule has 2 N–H and O–H groups in total. The van der Waals surface area contributed by atoms with Crippen molar-refractivity contribution in [3.8, 4) is 0 Å². The fourth-order valence-electron chi connectivity index (χ4n) is 1.50. The SMILES string of the molecule is COC(=O)C1(ON)CCCC1. The van der Waals surface area contributed by atoms with Crippen molar-refractivity contribution in [1.29, 1.82) is 0 Å². The van der Waals surface area contributed by atoms with E-state index in [9.17, 15) is 4.79 Å². The molecular weight excluding hydrogens is 146 g/mol. The van der Waals surface area contributed by atoms with Crippen LogP contribution in [0.2, 0.25) is 0 Å². The van der Waals surface area contributed by atoms with E-state index < -0.39 is 5.60 Å². The van der Waals surface area contributed by atoms with Crippen molar-refractivity contribution in [2.45, 2.75) is 31.3 Å². The number of hydrogen-bond acceptors (Lipinski definition) is 4. The fraction of sp³-hybridized carbons (Fsp3) is 0.857. The molecule has 1 saturated carbocycles. The summed E-state index contributed by atoms with van der Waals surface area (Å²) in [5, 5.41) is 0. The third kappa shape index (κ3) is 1.36. The van der Waals surface area contributed by atoms with E-state index in [1.165, 1.54) is 7.11 Å². The lowest BCUT2D eigenvalue weighted by molar-refractivity contribution is -0.169. The molecule has 0 bridgehead atoms. The van der Waals surface area contributed by atoms with Gasteiger partial charge in [-0.1, -0.05) is 0 Å². The molecule has 4 nitrogen and oxygen atoms in total. The van der Waals surface area contributed by atoms with Crippen LogP contribution in [0.3, 0.4) is 0 Å². The van der Waals surface area contributed by atoms with Crippen molar-refractivity contribution < 1.29 is 14.4 Å². The molecule has 64 valence electrons. The largest absolute Gasteiger partial charge is 0.467 e. The molecule has 0 amide bonds. The van der Waals surface area contributed by atoms with Crippen LogP contribution in [0.25, 0.3) is 0 Å². The van der Waals surface area contributed by atoms with E-state index in [-0.39, 0.29) is 5.97 Å². The Morgan fingerprint density at radius 1 is 1.45 bits per heavy atom. The van der Waals surface area contributed by atoms with Gasteiger partial charge in [0.15, 0.2) is 5.60 Å². The molecule has 0 saturated heterocycles. The third-order valence-corrected chi connectivity index (χ3v) is 2.19. The highest BCUT2D eigenvalue weighted by atomic mass is 16.7. The maximum Gasteiger partial charge on any atom is 0.340 e.